The Balaban J connectivity index is 1.66. The molecule has 2 N–H and O–H groups in total. The first kappa shape index (κ1) is 26.3. The zero-order chi connectivity index (χ0) is 26.5. The van der Waals surface area contributed by atoms with Crippen molar-refractivity contribution in [3.8, 4) is 6.07 Å². The van der Waals surface area contributed by atoms with E-state index in [-0.39, 0.29) is 33.9 Å². The number of para-hydroxylation sites is 2. The van der Waals surface area contributed by atoms with Gasteiger partial charge in [-0.25, -0.2) is 13.8 Å². The van der Waals surface area contributed by atoms with Crippen LogP contribution in [0, 0.1) is 29.9 Å². The molecule has 37 heavy (non-hydrogen) atoms. The van der Waals surface area contributed by atoms with E-state index < -0.39 is 11.6 Å². The third kappa shape index (κ3) is 6.16. The van der Waals surface area contributed by atoms with E-state index >= 15 is 0 Å². The van der Waals surface area contributed by atoms with Gasteiger partial charge < -0.3 is 10.6 Å². The van der Waals surface area contributed by atoms with Crippen LogP contribution >= 0.6 is 23.1 Å². The molecular formula is C28H24F2N4OS2. The lowest BCUT2D eigenvalue weighted by molar-refractivity contribution is -0.113. The summed E-state index contributed by atoms with van der Waals surface area (Å²) in [5, 5.41) is 16.6. The van der Waals surface area contributed by atoms with Gasteiger partial charge in [0.25, 0.3) is 0 Å². The van der Waals surface area contributed by atoms with Crippen LogP contribution in [0.4, 0.5) is 20.2 Å². The number of hydrogen-bond acceptors (Lipinski definition) is 6. The monoisotopic (exact) mass is 534 g/mol. The molecule has 0 spiro atoms. The van der Waals surface area contributed by atoms with Crippen molar-refractivity contribution in [2.24, 2.45) is 0 Å². The van der Waals surface area contributed by atoms with E-state index in [4.69, 9.17) is 0 Å². The number of nitriles is 1. The number of carbonyl (C=O) groups is 1. The van der Waals surface area contributed by atoms with E-state index in [0.717, 1.165) is 50.9 Å². The summed E-state index contributed by atoms with van der Waals surface area (Å²) in [5.74, 6) is -1.64. The fourth-order valence-corrected chi connectivity index (χ4v) is 5.56. The number of fused-ring (bicyclic) bond motifs is 1. The molecule has 0 saturated carbocycles. The second kappa shape index (κ2) is 11.5. The van der Waals surface area contributed by atoms with Crippen LogP contribution in [0.3, 0.4) is 0 Å². The lowest BCUT2D eigenvalue weighted by atomic mass is 9.98. The molecule has 0 bridgehead atoms. The molecule has 9 heteroatoms. The molecule has 0 atom stereocenters. The number of amides is 1. The summed E-state index contributed by atoms with van der Waals surface area (Å²) in [6.07, 6.45) is 0. The van der Waals surface area contributed by atoms with Crippen molar-refractivity contribution in [1.29, 1.82) is 5.26 Å². The minimum absolute atomic E-state index is 0.0147. The van der Waals surface area contributed by atoms with E-state index in [0.29, 0.717) is 5.01 Å². The first-order chi connectivity index (χ1) is 17.8. The fourth-order valence-electron chi connectivity index (χ4n) is 3.71. The van der Waals surface area contributed by atoms with Crippen LogP contribution in [0.1, 0.15) is 35.9 Å². The zero-order valence-electron chi connectivity index (χ0n) is 20.4. The number of carbonyl (C=O) groups excluding carboxylic acids is 1. The number of nitrogens with zero attached hydrogens (tertiary/aromatic N) is 2. The van der Waals surface area contributed by atoms with Gasteiger partial charge in [-0.3, -0.25) is 4.79 Å². The number of hydrogen-bond donors (Lipinski definition) is 2. The van der Waals surface area contributed by atoms with Gasteiger partial charge in [0.1, 0.15) is 28.3 Å². The van der Waals surface area contributed by atoms with Gasteiger partial charge in [-0.1, -0.05) is 55.9 Å². The number of benzene rings is 3. The van der Waals surface area contributed by atoms with Crippen molar-refractivity contribution in [2.75, 3.05) is 16.4 Å². The normalized spacial score (nSPS) is 11.8. The quantitative estimate of drug-likeness (QED) is 0.227. The molecule has 1 heterocycles. The van der Waals surface area contributed by atoms with Gasteiger partial charge in [-0.15, -0.1) is 11.3 Å². The highest BCUT2D eigenvalue weighted by molar-refractivity contribution is 8.04. The molecule has 3 aromatic carbocycles. The number of allylic oxidation sites excluding steroid dienone is 1. The summed E-state index contributed by atoms with van der Waals surface area (Å²) < 4.78 is 28.9. The summed E-state index contributed by atoms with van der Waals surface area (Å²) in [6, 6.07) is 18.6. The van der Waals surface area contributed by atoms with Crippen LogP contribution in [0.25, 0.3) is 15.8 Å². The number of aryl methyl sites for hydroxylation is 1. The predicted octanol–water partition coefficient (Wildman–Crippen LogP) is 7.68. The molecule has 5 nitrogen and oxygen atoms in total. The number of nitrogens with one attached hydrogen (secondary N) is 2. The molecule has 4 aromatic rings. The average Bonchev–Trinajstić information content (AvgIpc) is 3.29. The number of thiazole rings is 1. The highest BCUT2D eigenvalue weighted by Gasteiger charge is 2.19. The molecule has 0 radical (unpaired) electrons. The molecule has 0 aliphatic carbocycles. The molecule has 0 unspecified atom stereocenters. The van der Waals surface area contributed by atoms with Gasteiger partial charge in [-0.2, -0.15) is 5.26 Å². The number of aromatic nitrogens is 1. The molecule has 0 saturated heterocycles. The first-order valence-corrected chi connectivity index (χ1v) is 13.3. The third-order valence-electron chi connectivity index (χ3n) is 5.56. The molecular weight excluding hydrogens is 510 g/mol. The Morgan fingerprint density at radius 1 is 1.11 bits per heavy atom. The van der Waals surface area contributed by atoms with Crippen LogP contribution < -0.4 is 10.6 Å². The second-order valence-corrected chi connectivity index (χ2v) is 10.6. The van der Waals surface area contributed by atoms with Gasteiger partial charge in [0.2, 0.25) is 5.91 Å². The molecule has 1 amide bonds. The Morgan fingerprint density at radius 3 is 2.59 bits per heavy atom. The summed E-state index contributed by atoms with van der Waals surface area (Å²) in [4.78, 5) is 17.5. The standard InChI is InChI=1S/C28H24F2N4OS2/c1-16(2)19-8-6-7-17(3)26(19)34-25(35)15-36-27(32-22-12-11-18(29)13-21(22)30)20(14-31)28-33-23-9-4-5-10-24(23)37-28/h4-13,16,32H,15H2,1-3H3,(H,34,35)/b27-20-. The van der Waals surface area contributed by atoms with Gasteiger partial charge >= 0.3 is 0 Å². The zero-order valence-corrected chi connectivity index (χ0v) is 22.1. The predicted molar refractivity (Wildman–Crippen MR) is 148 cm³/mol. The summed E-state index contributed by atoms with van der Waals surface area (Å²) >= 11 is 2.37. The number of rotatable bonds is 8. The van der Waals surface area contributed by atoms with Gasteiger partial charge in [0.05, 0.1) is 26.7 Å². The Morgan fingerprint density at radius 2 is 1.89 bits per heavy atom. The van der Waals surface area contributed by atoms with Crippen LogP contribution in [-0.2, 0) is 4.79 Å². The summed E-state index contributed by atoms with van der Waals surface area (Å²) in [6.45, 7) is 6.04. The third-order valence-corrected chi connectivity index (χ3v) is 7.62. The van der Waals surface area contributed by atoms with Gasteiger partial charge in [-0.05, 0) is 48.2 Å². The SMILES string of the molecule is Cc1cccc(C(C)C)c1NC(=O)CS/C(Nc1ccc(F)cc1F)=C(/C#N)c1nc2ccccc2s1. The number of thioether (sulfide) groups is 1. The molecule has 0 aliphatic heterocycles. The Bertz CT molecular complexity index is 1510. The van der Waals surface area contributed by atoms with E-state index in [1.54, 1.807) is 0 Å². The van der Waals surface area contributed by atoms with Crippen molar-refractivity contribution in [3.63, 3.8) is 0 Å². The molecule has 188 valence electrons. The van der Waals surface area contributed by atoms with Crippen LogP contribution in [0.15, 0.2) is 65.7 Å². The van der Waals surface area contributed by atoms with Crippen molar-refractivity contribution >= 4 is 56.2 Å². The van der Waals surface area contributed by atoms with Crippen molar-refractivity contribution in [3.05, 3.63) is 93.5 Å². The Labute approximate surface area is 222 Å². The lowest BCUT2D eigenvalue weighted by Gasteiger charge is -2.17. The van der Waals surface area contributed by atoms with Crippen molar-refractivity contribution < 1.29 is 13.6 Å². The first-order valence-electron chi connectivity index (χ1n) is 11.5. The average molecular weight is 535 g/mol. The molecule has 4 rings (SSSR count). The van der Waals surface area contributed by atoms with E-state index in [1.807, 2.05) is 49.4 Å². The largest absolute Gasteiger partial charge is 0.347 e. The van der Waals surface area contributed by atoms with Gasteiger partial charge in [0, 0.05) is 11.8 Å². The van der Waals surface area contributed by atoms with Crippen LogP contribution in [-0.4, -0.2) is 16.6 Å². The maximum atomic E-state index is 14.5. The summed E-state index contributed by atoms with van der Waals surface area (Å²) in [5.41, 5.74) is 3.61. The van der Waals surface area contributed by atoms with Crippen LogP contribution in [0.5, 0.6) is 0 Å². The van der Waals surface area contributed by atoms with E-state index in [1.165, 1.54) is 17.4 Å². The fraction of sp³-hybridized carbons (Fsp3) is 0.179. The second-order valence-electron chi connectivity index (χ2n) is 8.58. The maximum Gasteiger partial charge on any atom is 0.234 e. The minimum Gasteiger partial charge on any atom is -0.347 e. The van der Waals surface area contributed by atoms with Gasteiger partial charge in [0.15, 0.2) is 0 Å². The number of anilines is 2. The number of halogens is 2. The Hall–Kier alpha value is -3.74. The van der Waals surface area contributed by atoms with Crippen LogP contribution in [0.2, 0.25) is 0 Å². The lowest BCUT2D eigenvalue weighted by Crippen LogP contribution is -2.17. The molecule has 1 aromatic heterocycles. The summed E-state index contributed by atoms with van der Waals surface area (Å²) in [7, 11) is 0. The topological polar surface area (TPSA) is 77.8 Å². The highest BCUT2D eigenvalue weighted by Crippen LogP contribution is 2.34. The maximum absolute atomic E-state index is 14.5. The molecule has 0 fully saturated rings. The molecule has 0 aliphatic rings. The minimum atomic E-state index is -0.814. The van der Waals surface area contributed by atoms with E-state index in [9.17, 15) is 18.8 Å². The van der Waals surface area contributed by atoms with E-state index in [2.05, 4.69) is 35.5 Å². The smallest absolute Gasteiger partial charge is 0.234 e. The van der Waals surface area contributed by atoms with Crippen molar-refractivity contribution in [1.82, 2.24) is 4.98 Å². The Kier molecular flexibility index (Phi) is 8.21. The van der Waals surface area contributed by atoms with Crippen molar-refractivity contribution in [2.45, 2.75) is 26.7 Å². The highest BCUT2D eigenvalue weighted by atomic mass is 32.2.